The number of nitrogens with zero attached hydrogens (tertiary/aromatic N) is 4. The number of carbonyl (C=O) groups is 5. The van der Waals surface area contributed by atoms with Crippen LogP contribution >= 0.6 is 0 Å². The summed E-state index contributed by atoms with van der Waals surface area (Å²) in [6.45, 7) is 15.5. The lowest BCUT2D eigenvalue weighted by atomic mass is 10.1. The van der Waals surface area contributed by atoms with E-state index in [0.29, 0.717) is 58.2 Å². The van der Waals surface area contributed by atoms with Gasteiger partial charge in [-0.1, -0.05) is 155 Å². The first-order valence-corrected chi connectivity index (χ1v) is 22.8. The second-order valence-corrected chi connectivity index (χ2v) is 17.9. The van der Waals surface area contributed by atoms with E-state index in [4.69, 9.17) is 4.74 Å². The standard InChI is InChI=1S/C49H62N4O7.C4H10/c1-39(46(56)53(38-43-29-17-8-18-30-43)45(55)32-20-9-21-33-50(47(57)58)35-40-23-11-5-12-24-40)52(37-42-27-15-7-16-28-42)44(54)31-19-10-22-34-51(48(59)60-49(2,3)4)36-41-25-13-6-14-26-41;1-4(2)3/h5-8,11-18,23-30,39H,9-10,19-22,31-38H2,1-4H3,(H,57,58);4H,1-3H3. The number of unbranched alkanes of at least 4 members (excludes halogenated alkanes) is 4. The molecule has 4 rings (SSSR count). The van der Waals surface area contributed by atoms with Crippen molar-refractivity contribution in [3.63, 3.8) is 0 Å². The fourth-order valence-electron chi connectivity index (χ4n) is 6.84. The number of hydrogen-bond acceptors (Lipinski definition) is 6. The third-order valence-electron chi connectivity index (χ3n) is 10.1. The Kier molecular flexibility index (Phi) is 22.9. The van der Waals surface area contributed by atoms with Crippen molar-refractivity contribution in [2.24, 2.45) is 5.92 Å². The molecule has 11 nitrogen and oxygen atoms in total. The summed E-state index contributed by atoms with van der Waals surface area (Å²) in [7, 11) is 0. The first kappa shape index (κ1) is 52.4. The molecule has 4 aromatic carbocycles. The van der Waals surface area contributed by atoms with E-state index in [9.17, 15) is 29.1 Å². The molecule has 0 heterocycles. The van der Waals surface area contributed by atoms with Gasteiger partial charge in [0.15, 0.2) is 0 Å². The van der Waals surface area contributed by atoms with Crippen LogP contribution in [0.3, 0.4) is 0 Å². The second kappa shape index (κ2) is 28.0. The van der Waals surface area contributed by atoms with Gasteiger partial charge < -0.3 is 24.5 Å². The van der Waals surface area contributed by atoms with Gasteiger partial charge in [-0.15, -0.1) is 0 Å². The van der Waals surface area contributed by atoms with E-state index in [1.807, 2.05) is 142 Å². The lowest BCUT2D eigenvalue weighted by Crippen LogP contribution is -2.50. The van der Waals surface area contributed by atoms with Crippen molar-refractivity contribution < 1.29 is 33.8 Å². The molecular formula is C53H72N4O7. The summed E-state index contributed by atoms with van der Waals surface area (Å²) in [5.41, 5.74) is 2.92. The van der Waals surface area contributed by atoms with Crippen molar-refractivity contribution in [1.82, 2.24) is 19.6 Å². The van der Waals surface area contributed by atoms with Crippen LogP contribution in [0.15, 0.2) is 121 Å². The zero-order valence-electron chi connectivity index (χ0n) is 39.3. The van der Waals surface area contributed by atoms with Crippen LogP contribution in [0.5, 0.6) is 0 Å². The average Bonchev–Trinajstić information content (AvgIpc) is 3.26. The maximum absolute atomic E-state index is 14.4. The minimum Gasteiger partial charge on any atom is -0.465 e. The molecule has 346 valence electrons. The van der Waals surface area contributed by atoms with Crippen molar-refractivity contribution in [3.05, 3.63) is 144 Å². The number of hydrogen-bond donors (Lipinski definition) is 1. The normalized spacial score (nSPS) is 11.4. The molecule has 0 bridgehead atoms. The fourth-order valence-corrected chi connectivity index (χ4v) is 6.84. The molecule has 0 saturated heterocycles. The smallest absolute Gasteiger partial charge is 0.410 e. The molecule has 0 aliphatic heterocycles. The van der Waals surface area contributed by atoms with Gasteiger partial charge >= 0.3 is 12.2 Å². The minimum atomic E-state index is -0.998. The Morgan fingerprint density at radius 1 is 0.516 bits per heavy atom. The first-order chi connectivity index (χ1) is 30.5. The summed E-state index contributed by atoms with van der Waals surface area (Å²) in [5.74, 6) is -0.159. The predicted molar refractivity (Wildman–Crippen MR) is 254 cm³/mol. The summed E-state index contributed by atoms with van der Waals surface area (Å²) in [6, 6.07) is 37.0. The maximum atomic E-state index is 14.4. The van der Waals surface area contributed by atoms with Crippen LogP contribution in [0.1, 0.15) is 122 Å². The third kappa shape index (κ3) is 20.5. The Labute approximate surface area is 382 Å². The average molecular weight is 877 g/mol. The largest absolute Gasteiger partial charge is 0.465 e. The van der Waals surface area contributed by atoms with Crippen LogP contribution in [-0.2, 0) is 45.3 Å². The van der Waals surface area contributed by atoms with E-state index >= 15 is 0 Å². The van der Waals surface area contributed by atoms with Crippen LogP contribution in [0.4, 0.5) is 9.59 Å². The van der Waals surface area contributed by atoms with Crippen LogP contribution in [0.25, 0.3) is 0 Å². The van der Waals surface area contributed by atoms with E-state index in [1.165, 1.54) is 9.80 Å². The molecule has 1 unspecified atom stereocenters. The highest BCUT2D eigenvalue weighted by molar-refractivity contribution is 5.99. The van der Waals surface area contributed by atoms with Gasteiger partial charge in [-0.3, -0.25) is 19.3 Å². The zero-order chi connectivity index (χ0) is 46.9. The Morgan fingerprint density at radius 2 is 0.891 bits per heavy atom. The molecule has 0 aliphatic rings. The topological polar surface area (TPSA) is 128 Å². The van der Waals surface area contributed by atoms with E-state index < -0.39 is 23.6 Å². The molecule has 64 heavy (non-hydrogen) atoms. The van der Waals surface area contributed by atoms with Gasteiger partial charge in [0.2, 0.25) is 11.8 Å². The molecule has 1 N–H and O–H groups in total. The molecule has 5 amide bonds. The minimum absolute atomic E-state index is 0.0667. The van der Waals surface area contributed by atoms with Gasteiger partial charge in [-0.25, -0.2) is 9.59 Å². The van der Waals surface area contributed by atoms with E-state index in [0.717, 1.165) is 28.2 Å². The van der Waals surface area contributed by atoms with Crippen molar-refractivity contribution in [2.75, 3.05) is 13.1 Å². The van der Waals surface area contributed by atoms with Crippen molar-refractivity contribution in [2.45, 2.75) is 138 Å². The Bertz CT molecular complexity index is 1970. The molecule has 0 radical (unpaired) electrons. The van der Waals surface area contributed by atoms with E-state index in [1.54, 1.807) is 16.7 Å². The maximum Gasteiger partial charge on any atom is 0.410 e. The number of imide groups is 1. The van der Waals surface area contributed by atoms with Gasteiger partial charge in [-0.2, -0.15) is 0 Å². The first-order valence-electron chi connectivity index (χ1n) is 22.8. The summed E-state index contributed by atoms with van der Waals surface area (Å²) >= 11 is 0. The highest BCUT2D eigenvalue weighted by atomic mass is 16.6. The number of carboxylic acid groups (broad SMARTS) is 1. The molecule has 11 heteroatoms. The highest BCUT2D eigenvalue weighted by Crippen LogP contribution is 2.19. The molecular weight excluding hydrogens is 805 g/mol. The molecule has 0 aromatic heterocycles. The van der Waals surface area contributed by atoms with E-state index in [-0.39, 0.29) is 50.4 Å². The highest BCUT2D eigenvalue weighted by Gasteiger charge is 2.32. The molecule has 0 fully saturated rings. The number of benzene rings is 4. The number of amides is 5. The lowest BCUT2D eigenvalue weighted by Gasteiger charge is -2.32. The van der Waals surface area contributed by atoms with Crippen LogP contribution in [0.2, 0.25) is 0 Å². The van der Waals surface area contributed by atoms with Gasteiger partial charge in [0, 0.05) is 45.6 Å². The second-order valence-electron chi connectivity index (χ2n) is 17.9. The summed E-state index contributed by atoms with van der Waals surface area (Å²) < 4.78 is 5.69. The van der Waals surface area contributed by atoms with Gasteiger partial charge in [0.25, 0.3) is 5.91 Å². The Morgan fingerprint density at radius 3 is 1.31 bits per heavy atom. The van der Waals surface area contributed by atoms with Crippen LogP contribution in [-0.4, -0.2) is 79.3 Å². The quantitative estimate of drug-likeness (QED) is 0.0779. The van der Waals surface area contributed by atoms with Gasteiger partial charge in [0.1, 0.15) is 11.6 Å². The molecule has 0 saturated carbocycles. The number of ether oxygens (including phenoxy) is 1. The summed E-state index contributed by atoms with van der Waals surface area (Å²) in [5, 5.41) is 9.75. The van der Waals surface area contributed by atoms with E-state index in [2.05, 4.69) is 20.8 Å². The van der Waals surface area contributed by atoms with Gasteiger partial charge in [-0.05, 0) is 81.5 Å². The Balaban J connectivity index is 0.00000261. The lowest BCUT2D eigenvalue weighted by molar-refractivity contribution is -0.153. The van der Waals surface area contributed by atoms with Crippen LogP contribution in [0, 0.1) is 5.92 Å². The van der Waals surface area contributed by atoms with Crippen molar-refractivity contribution in [3.8, 4) is 0 Å². The third-order valence-corrected chi connectivity index (χ3v) is 10.1. The summed E-state index contributed by atoms with van der Waals surface area (Å²) in [4.78, 5) is 73.3. The summed E-state index contributed by atoms with van der Waals surface area (Å²) in [6.07, 6.45) is 2.46. The SMILES string of the molecule is CC(C(=O)N(Cc1ccccc1)C(=O)CCCCCN(Cc1ccccc1)C(=O)O)N(Cc1ccccc1)C(=O)CCCCCN(Cc1ccccc1)C(=O)OC(C)(C)C.CC(C)C. The molecule has 1 atom stereocenters. The fraction of sp³-hybridized carbons (Fsp3) is 0.453. The molecule has 0 spiro atoms. The Hall–Kier alpha value is -5.97. The van der Waals surface area contributed by atoms with Gasteiger partial charge in [0.05, 0.1) is 6.54 Å². The van der Waals surface area contributed by atoms with Crippen LogP contribution < -0.4 is 0 Å². The van der Waals surface area contributed by atoms with Crippen molar-refractivity contribution in [1.29, 1.82) is 0 Å². The number of rotatable bonds is 22. The number of carbonyl (C=O) groups excluding carboxylic acids is 4. The van der Waals surface area contributed by atoms with Crippen molar-refractivity contribution >= 4 is 29.9 Å². The molecule has 4 aromatic rings. The predicted octanol–water partition coefficient (Wildman–Crippen LogP) is 11.4. The molecule has 0 aliphatic carbocycles. The monoisotopic (exact) mass is 877 g/mol. The zero-order valence-corrected chi connectivity index (χ0v) is 39.3.